The van der Waals surface area contributed by atoms with Crippen molar-refractivity contribution in [2.24, 2.45) is 11.3 Å². The van der Waals surface area contributed by atoms with Crippen LogP contribution in [0, 0.1) is 11.3 Å². The van der Waals surface area contributed by atoms with Crippen molar-refractivity contribution in [1.82, 2.24) is 4.72 Å². The molecule has 0 aliphatic heterocycles. The van der Waals surface area contributed by atoms with Gasteiger partial charge in [0.25, 0.3) is 0 Å². The molecule has 0 saturated heterocycles. The number of rotatable bonds is 14. The quantitative estimate of drug-likeness (QED) is 0.373. The fraction of sp³-hybridized carbons (Fsp3) is 0.556. The van der Waals surface area contributed by atoms with Crippen molar-refractivity contribution in [1.29, 1.82) is 0 Å². The topological polar surface area (TPSA) is 75.6 Å². The van der Waals surface area contributed by atoms with Crippen LogP contribution in [0.2, 0.25) is 0 Å². The van der Waals surface area contributed by atoms with Crippen LogP contribution < -0.4 is 4.72 Å². The monoisotopic (exact) mass is 475 g/mol. The first-order valence-electron chi connectivity index (χ1n) is 11.9. The molecule has 0 bridgehead atoms. The number of ether oxygens (including phenoxy) is 1. The van der Waals surface area contributed by atoms with Gasteiger partial charge in [0.1, 0.15) is 5.60 Å². The first-order valence-corrected chi connectivity index (χ1v) is 13.6. The molecule has 0 radical (unpaired) electrons. The summed E-state index contributed by atoms with van der Waals surface area (Å²) in [6.45, 7) is 11.4. The summed E-state index contributed by atoms with van der Waals surface area (Å²) >= 11 is 0. The van der Waals surface area contributed by atoms with Crippen molar-refractivity contribution in [2.75, 3.05) is 19.0 Å². The summed E-state index contributed by atoms with van der Waals surface area (Å²) in [5.74, 6) is 0.129. The Hall–Kier alpha value is -1.73. The highest BCUT2D eigenvalue weighted by Crippen LogP contribution is 2.36. The molecule has 0 amide bonds. The summed E-state index contributed by atoms with van der Waals surface area (Å²) in [6, 6.07) is 17.9. The molecule has 0 aliphatic carbocycles. The highest BCUT2D eigenvalue weighted by atomic mass is 32.2. The van der Waals surface area contributed by atoms with Crippen molar-refractivity contribution < 1.29 is 18.3 Å². The molecule has 0 fully saturated rings. The van der Waals surface area contributed by atoms with Gasteiger partial charge in [0.15, 0.2) is 0 Å². The highest BCUT2D eigenvalue weighted by molar-refractivity contribution is 7.89. The Kier molecular flexibility index (Phi) is 10.1. The lowest BCUT2D eigenvalue weighted by molar-refractivity contribution is 0.0376. The van der Waals surface area contributed by atoms with Crippen LogP contribution in [-0.4, -0.2) is 38.5 Å². The van der Waals surface area contributed by atoms with E-state index in [4.69, 9.17) is 4.74 Å². The van der Waals surface area contributed by atoms with Crippen molar-refractivity contribution in [3.05, 3.63) is 71.8 Å². The molecule has 33 heavy (non-hydrogen) atoms. The Morgan fingerprint density at radius 2 is 1.48 bits per heavy atom. The van der Waals surface area contributed by atoms with Gasteiger partial charge < -0.3 is 9.84 Å². The normalized spacial score (nSPS) is 13.9. The summed E-state index contributed by atoms with van der Waals surface area (Å²) < 4.78 is 34.7. The van der Waals surface area contributed by atoms with Crippen LogP contribution >= 0.6 is 0 Å². The zero-order valence-electron chi connectivity index (χ0n) is 20.8. The Morgan fingerprint density at radius 1 is 0.970 bits per heavy atom. The summed E-state index contributed by atoms with van der Waals surface area (Å²) in [5.41, 5.74) is -0.0904. The molecule has 5 nitrogen and oxygen atoms in total. The Morgan fingerprint density at radius 3 is 1.94 bits per heavy atom. The lowest BCUT2D eigenvalue weighted by atomic mass is 9.77. The maximum Gasteiger partial charge on any atom is 0.212 e. The van der Waals surface area contributed by atoms with Gasteiger partial charge in [-0.2, -0.15) is 0 Å². The molecule has 6 heteroatoms. The van der Waals surface area contributed by atoms with Gasteiger partial charge in [0.05, 0.1) is 18.4 Å². The fourth-order valence-electron chi connectivity index (χ4n) is 3.81. The second kappa shape index (κ2) is 12.1. The van der Waals surface area contributed by atoms with E-state index in [1.807, 2.05) is 74.5 Å². The average Bonchev–Trinajstić information content (AvgIpc) is 2.78. The molecular formula is C27H41NO4S. The molecule has 2 N–H and O–H groups in total. The van der Waals surface area contributed by atoms with Crippen LogP contribution in [-0.2, 0) is 20.4 Å². The van der Waals surface area contributed by atoms with Gasteiger partial charge in [0, 0.05) is 6.61 Å². The third-order valence-electron chi connectivity index (χ3n) is 6.11. The number of benzene rings is 2. The van der Waals surface area contributed by atoms with E-state index in [0.29, 0.717) is 37.2 Å². The van der Waals surface area contributed by atoms with E-state index in [0.717, 1.165) is 6.42 Å². The molecule has 0 saturated carbocycles. The largest absolute Gasteiger partial charge is 0.381 e. The minimum atomic E-state index is -3.64. The molecule has 184 valence electrons. The molecule has 0 aliphatic rings. The maximum atomic E-state index is 13.1. The number of hydrogen-bond acceptors (Lipinski definition) is 4. The maximum absolute atomic E-state index is 13.1. The molecule has 2 aromatic carbocycles. The Labute approximate surface area is 200 Å². The van der Waals surface area contributed by atoms with Gasteiger partial charge >= 0.3 is 0 Å². The molecule has 0 unspecified atom stereocenters. The first kappa shape index (κ1) is 27.5. The fourth-order valence-corrected chi connectivity index (χ4v) is 5.12. The number of nitrogens with one attached hydrogen (secondary N) is 1. The van der Waals surface area contributed by atoms with Gasteiger partial charge in [-0.25, -0.2) is 13.1 Å². The molecule has 0 heterocycles. The zero-order valence-corrected chi connectivity index (χ0v) is 21.6. The van der Waals surface area contributed by atoms with E-state index in [2.05, 4.69) is 25.5 Å². The predicted octanol–water partition coefficient (Wildman–Crippen LogP) is 5.10. The average molecular weight is 476 g/mol. The lowest BCUT2D eigenvalue weighted by Crippen LogP contribution is -2.52. The van der Waals surface area contributed by atoms with Crippen molar-refractivity contribution >= 4 is 10.0 Å². The van der Waals surface area contributed by atoms with Crippen LogP contribution in [0.1, 0.15) is 65.0 Å². The van der Waals surface area contributed by atoms with Crippen molar-refractivity contribution in [2.45, 2.75) is 65.5 Å². The predicted molar refractivity (Wildman–Crippen MR) is 136 cm³/mol. The SMILES string of the molecule is CCC(C)(C)COCCCS(=O)(=O)N[C@H](CC(C)C)C(O)(c1ccccc1)c1ccccc1. The van der Waals surface area contributed by atoms with Crippen LogP contribution in [0.15, 0.2) is 60.7 Å². The Bertz CT molecular complexity index is 888. The molecule has 0 spiro atoms. The zero-order chi connectivity index (χ0) is 24.5. The molecule has 0 aromatic heterocycles. The van der Waals surface area contributed by atoms with Crippen molar-refractivity contribution in [3.8, 4) is 0 Å². The van der Waals surface area contributed by atoms with Gasteiger partial charge in [-0.3, -0.25) is 0 Å². The van der Waals surface area contributed by atoms with Crippen LogP contribution in [0.5, 0.6) is 0 Å². The number of sulfonamides is 1. The van der Waals surface area contributed by atoms with Crippen LogP contribution in [0.3, 0.4) is 0 Å². The highest BCUT2D eigenvalue weighted by Gasteiger charge is 2.42. The van der Waals surface area contributed by atoms with Crippen LogP contribution in [0.4, 0.5) is 0 Å². The first-order chi connectivity index (χ1) is 15.5. The number of hydrogen-bond donors (Lipinski definition) is 2. The standard InChI is InChI=1S/C27H41NO4S/c1-6-26(4,5)21-32-18-13-19-33(30,31)28-25(20-22(2)3)27(29,23-14-9-7-10-15-23)24-16-11-8-12-17-24/h7-12,14-17,22,25,28-29H,6,13,18-21H2,1-5H3/t25-/m1/s1. The molecule has 1 atom stereocenters. The van der Waals surface area contributed by atoms with Gasteiger partial charge in [-0.15, -0.1) is 0 Å². The minimum absolute atomic E-state index is 0.0478. The smallest absolute Gasteiger partial charge is 0.212 e. The molecule has 2 aromatic rings. The summed E-state index contributed by atoms with van der Waals surface area (Å²) in [5, 5.41) is 12.1. The van der Waals surface area contributed by atoms with E-state index in [1.54, 1.807) is 0 Å². The van der Waals surface area contributed by atoms with Crippen molar-refractivity contribution in [3.63, 3.8) is 0 Å². The van der Waals surface area contributed by atoms with Gasteiger partial charge in [-0.1, -0.05) is 95.3 Å². The Balaban J connectivity index is 2.23. The summed E-state index contributed by atoms with van der Waals surface area (Å²) in [7, 11) is -3.64. The van der Waals surface area contributed by atoms with Crippen LogP contribution in [0.25, 0.3) is 0 Å². The molecular weight excluding hydrogens is 434 g/mol. The van der Waals surface area contributed by atoms with Gasteiger partial charge in [-0.05, 0) is 41.7 Å². The molecule has 2 rings (SSSR count). The summed E-state index contributed by atoms with van der Waals surface area (Å²) in [4.78, 5) is 0. The van der Waals surface area contributed by atoms with E-state index < -0.39 is 21.7 Å². The third kappa shape index (κ3) is 8.21. The second-order valence-electron chi connectivity index (χ2n) is 10.0. The minimum Gasteiger partial charge on any atom is -0.381 e. The van der Waals surface area contributed by atoms with E-state index in [1.165, 1.54) is 0 Å². The van der Waals surface area contributed by atoms with Gasteiger partial charge in [0.2, 0.25) is 10.0 Å². The third-order valence-corrected chi connectivity index (χ3v) is 7.58. The lowest BCUT2D eigenvalue weighted by Gasteiger charge is -2.38. The van der Waals surface area contributed by atoms with E-state index in [-0.39, 0.29) is 17.1 Å². The van der Waals surface area contributed by atoms with E-state index in [9.17, 15) is 13.5 Å². The van der Waals surface area contributed by atoms with E-state index >= 15 is 0 Å². The second-order valence-corrected chi connectivity index (χ2v) is 11.9. The number of aliphatic hydroxyl groups is 1. The summed E-state index contributed by atoms with van der Waals surface area (Å²) in [6.07, 6.45) is 1.89.